The van der Waals surface area contributed by atoms with E-state index in [1.54, 1.807) is 34.7 Å². The van der Waals surface area contributed by atoms with Gasteiger partial charge in [-0.25, -0.2) is 14.6 Å². The Morgan fingerprint density at radius 2 is 1.79 bits per heavy atom. The van der Waals surface area contributed by atoms with E-state index in [1.165, 1.54) is 31.1 Å². The maximum Gasteiger partial charge on any atom is 0.236 e. The Morgan fingerprint density at radius 3 is 2.52 bits per heavy atom. The average molecular weight is 752 g/mol. The first kappa shape index (κ1) is 36.8. The van der Waals surface area contributed by atoms with Crippen LogP contribution in [0.2, 0.25) is 0 Å². The molecule has 56 heavy (non-hydrogen) atoms. The molecule has 2 N–H and O–H groups in total. The molecule has 0 spiro atoms. The number of pyridine rings is 2. The number of nitrogens with zero attached hydrogens (tertiary/aromatic N) is 11. The summed E-state index contributed by atoms with van der Waals surface area (Å²) >= 11 is 0. The molecule has 0 radical (unpaired) electrons. The number of rotatable bonds is 10. The third-order valence-electron chi connectivity index (χ3n) is 11.9. The van der Waals surface area contributed by atoms with Gasteiger partial charge in [-0.3, -0.25) is 19.8 Å². The Labute approximate surface area is 325 Å². The van der Waals surface area contributed by atoms with Gasteiger partial charge in [0.1, 0.15) is 17.8 Å². The summed E-state index contributed by atoms with van der Waals surface area (Å²) in [7, 11) is 0. The lowest BCUT2D eigenvalue weighted by Crippen LogP contribution is -2.49. The number of nitrogens with one attached hydrogen (secondary N) is 2. The number of nitriles is 2. The fourth-order valence-corrected chi connectivity index (χ4v) is 8.31. The molecule has 286 valence electrons. The maximum atomic E-state index is 12.6. The van der Waals surface area contributed by atoms with Crippen LogP contribution < -0.4 is 15.5 Å². The molecule has 1 aliphatic carbocycles. The molecule has 3 aliphatic rings. The van der Waals surface area contributed by atoms with Crippen molar-refractivity contribution in [2.75, 3.05) is 42.9 Å². The fourth-order valence-electron chi connectivity index (χ4n) is 8.31. The number of imide groups is 1. The van der Waals surface area contributed by atoms with Gasteiger partial charge in [0.05, 0.1) is 47.0 Å². The molecule has 15 nitrogen and oxygen atoms in total. The van der Waals surface area contributed by atoms with Crippen molar-refractivity contribution in [3.63, 3.8) is 0 Å². The van der Waals surface area contributed by atoms with Crippen LogP contribution in [0.15, 0.2) is 61.2 Å². The highest BCUT2D eigenvalue weighted by atomic mass is 16.2. The molecular formula is C41H45N13O2. The van der Waals surface area contributed by atoms with E-state index in [4.69, 9.17) is 0 Å². The van der Waals surface area contributed by atoms with E-state index >= 15 is 0 Å². The molecule has 5 aromatic rings. The van der Waals surface area contributed by atoms with Gasteiger partial charge < -0.3 is 10.2 Å². The molecule has 2 amide bonds. The Balaban J connectivity index is 0.838. The summed E-state index contributed by atoms with van der Waals surface area (Å²) in [6.45, 7) is 8.82. The summed E-state index contributed by atoms with van der Waals surface area (Å²) < 4.78 is 3.34. The van der Waals surface area contributed by atoms with Crippen molar-refractivity contribution in [1.29, 1.82) is 10.5 Å². The second-order valence-electron chi connectivity index (χ2n) is 15.5. The number of carbonyl (C=O) groups excluding carboxylic acids is 2. The molecule has 0 unspecified atom stereocenters. The van der Waals surface area contributed by atoms with Crippen LogP contribution in [0.5, 0.6) is 0 Å². The molecule has 4 aromatic heterocycles. The summed E-state index contributed by atoms with van der Waals surface area (Å²) in [5.74, 6) is 1.15. The average Bonchev–Trinajstić information content (AvgIpc) is 3.90. The molecule has 1 saturated carbocycles. The summed E-state index contributed by atoms with van der Waals surface area (Å²) in [5, 5.41) is 38.9. The van der Waals surface area contributed by atoms with Crippen molar-refractivity contribution < 1.29 is 9.59 Å². The maximum absolute atomic E-state index is 12.6. The van der Waals surface area contributed by atoms with Crippen molar-refractivity contribution in [3.8, 4) is 23.6 Å². The first-order chi connectivity index (χ1) is 27.2. The molecule has 2 aliphatic heterocycles. The Bertz CT molecular complexity index is 2320. The lowest BCUT2D eigenvalue weighted by Gasteiger charge is -2.37. The highest BCUT2D eigenvalue weighted by Crippen LogP contribution is 2.37. The Morgan fingerprint density at radius 1 is 1.00 bits per heavy atom. The number of piperazine rings is 1. The SMILES string of the molecule is C[C@H](C#N)Nc1cc(-n2ncc3cc(C#N)cnc32)ncc1-n1cc(C2CCC(CCN3CCN(c4ccc([C@]5(C)CCC(=O)NC5=O)cc4)CC3)CC2)nn1. The Kier molecular flexibility index (Phi) is 10.2. The highest BCUT2D eigenvalue weighted by molar-refractivity contribution is 6.03. The minimum absolute atomic E-state index is 0.191. The number of amides is 2. The minimum Gasteiger partial charge on any atom is -0.369 e. The molecule has 1 aromatic carbocycles. The zero-order chi connectivity index (χ0) is 38.8. The van der Waals surface area contributed by atoms with Gasteiger partial charge in [0, 0.05) is 61.9 Å². The largest absolute Gasteiger partial charge is 0.369 e. The number of benzene rings is 1. The van der Waals surface area contributed by atoms with Crippen LogP contribution in [0.4, 0.5) is 11.4 Å². The van der Waals surface area contributed by atoms with E-state index < -0.39 is 11.5 Å². The zero-order valence-electron chi connectivity index (χ0n) is 31.7. The quantitative estimate of drug-likeness (QED) is 0.187. The van der Waals surface area contributed by atoms with Gasteiger partial charge in [0.15, 0.2) is 11.5 Å². The number of hydrogen-bond donors (Lipinski definition) is 2. The second-order valence-corrected chi connectivity index (χ2v) is 15.5. The van der Waals surface area contributed by atoms with Crippen LogP contribution in [-0.2, 0) is 15.0 Å². The third kappa shape index (κ3) is 7.42. The van der Waals surface area contributed by atoms with Crippen LogP contribution in [0.3, 0.4) is 0 Å². The van der Waals surface area contributed by atoms with Gasteiger partial charge in [0.25, 0.3) is 0 Å². The summed E-state index contributed by atoms with van der Waals surface area (Å²) in [4.78, 5) is 38.4. The fraction of sp³-hybridized carbons (Fsp3) is 0.439. The Hall–Kier alpha value is -6.19. The molecular weight excluding hydrogens is 707 g/mol. The normalized spacial score (nSPS) is 22.3. The van der Waals surface area contributed by atoms with Gasteiger partial charge in [0.2, 0.25) is 11.8 Å². The van der Waals surface area contributed by atoms with E-state index in [1.807, 2.05) is 31.3 Å². The van der Waals surface area contributed by atoms with Crippen LogP contribution in [0, 0.1) is 28.6 Å². The third-order valence-corrected chi connectivity index (χ3v) is 11.9. The van der Waals surface area contributed by atoms with Gasteiger partial charge in [-0.15, -0.1) is 5.10 Å². The number of hydrogen-bond acceptors (Lipinski definition) is 12. The molecule has 6 heterocycles. The molecule has 0 bridgehead atoms. The standard InChI is InChI=1S/C41H45N13O2/c1-27(21-42)47-34-20-37(54-39-31(24-46-54)19-29(22-43)23-45-39)44-25-36(34)53-26-35(49-50-53)30-5-3-28(4-6-30)12-14-51-15-17-52(18-16-51)33-9-7-32(8-10-33)41(2)13-11-38(55)48-40(41)56/h7-10,19-20,23-28,30H,3-6,11-18H2,1-2H3,(H,44,47)(H,48,55,56)/t27-,28?,30?,41+/m1/s1. The lowest BCUT2D eigenvalue weighted by atomic mass is 9.75. The monoisotopic (exact) mass is 751 g/mol. The number of piperidine rings is 1. The lowest BCUT2D eigenvalue weighted by molar-refractivity contribution is -0.137. The topological polar surface area (TPSA) is 187 Å². The predicted molar refractivity (Wildman–Crippen MR) is 209 cm³/mol. The van der Waals surface area contributed by atoms with E-state index in [0.29, 0.717) is 53.1 Å². The van der Waals surface area contributed by atoms with Crippen LogP contribution >= 0.6 is 0 Å². The van der Waals surface area contributed by atoms with Crippen molar-refractivity contribution >= 4 is 34.2 Å². The summed E-state index contributed by atoms with van der Waals surface area (Å²) in [6, 6.07) is 15.8. The number of aromatic nitrogens is 7. The van der Waals surface area contributed by atoms with Gasteiger partial charge in [-0.05, 0) is 88.6 Å². The van der Waals surface area contributed by atoms with Crippen molar-refractivity contribution in [2.24, 2.45) is 5.92 Å². The van der Waals surface area contributed by atoms with Crippen molar-refractivity contribution in [1.82, 2.24) is 45.0 Å². The van der Waals surface area contributed by atoms with Crippen LogP contribution in [-0.4, -0.2) is 90.2 Å². The van der Waals surface area contributed by atoms with E-state index in [0.717, 1.165) is 62.2 Å². The van der Waals surface area contributed by atoms with Crippen LogP contribution in [0.25, 0.3) is 22.5 Å². The van der Waals surface area contributed by atoms with Crippen LogP contribution in [0.1, 0.15) is 81.5 Å². The van der Waals surface area contributed by atoms with Gasteiger partial charge >= 0.3 is 0 Å². The number of anilines is 2. The number of fused-ring (bicyclic) bond motifs is 1. The van der Waals surface area contributed by atoms with Crippen molar-refractivity contribution in [3.05, 3.63) is 78.0 Å². The van der Waals surface area contributed by atoms with Crippen molar-refractivity contribution in [2.45, 2.75) is 76.2 Å². The van der Waals surface area contributed by atoms with E-state index in [9.17, 15) is 20.1 Å². The molecule has 2 saturated heterocycles. The molecule has 3 fully saturated rings. The first-order valence-electron chi connectivity index (χ1n) is 19.5. The smallest absolute Gasteiger partial charge is 0.236 e. The molecule has 15 heteroatoms. The van der Waals surface area contributed by atoms with Gasteiger partial charge in [-0.2, -0.15) is 20.3 Å². The first-order valence-corrected chi connectivity index (χ1v) is 19.5. The minimum atomic E-state index is -0.670. The van der Waals surface area contributed by atoms with E-state index in [2.05, 4.69) is 70.1 Å². The molecule has 2 atom stereocenters. The molecule has 8 rings (SSSR count). The van der Waals surface area contributed by atoms with Gasteiger partial charge in [-0.1, -0.05) is 17.3 Å². The highest BCUT2D eigenvalue weighted by Gasteiger charge is 2.40. The zero-order valence-corrected chi connectivity index (χ0v) is 31.7. The second kappa shape index (κ2) is 15.5. The van der Waals surface area contributed by atoms with E-state index in [-0.39, 0.29) is 11.8 Å². The number of carbonyl (C=O) groups is 2. The summed E-state index contributed by atoms with van der Waals surface area (Å²) in [5.41, 5.74) is 4.81. The predicted octanol–water partition coefficient (Wildman–Crippen LogP) is 4.77. The summed E-state index contributed by atoms with van der Waals surface area (Å²) in [6.07, 6.45) is 13.4.